The molecule has 0 aliphatic heterocycles. The SMILES string of the molecule is NC1Cc2ccccc2C1Nc1ncc(Br)cn1. The van der Waals surface area contributed by atoms with Crippen LogP contribution < -0.4 is 11.1 Å². The Morgan fingerprint density at radius 1 is 1.22 bits per heavy atom. The van der Waals surface area contributed by atoms with Gasteiger partial charge in [0.25, 0.3) is 0 Å². The van der Waals surface area contributed by atoms with Crippen molar-refractivity contribution in [1.82, 2.24) is 9.97 Å². The van der Waals surface area contributed by atoms with E-state index in [1.807, 2.05) is 12.1 Å². The number of halogens is 1. The highest BCUT2D eigenvalue weighted by Gasteiger charge is 2.29. The molecule has 1 aliphatic carbocycles. The van der Waals surface area contributed by atoms with Gasteiger partial charge in [-0.1, -0.05) is 24.3 Å². The highest BCUT2D eigenvalue weighted by atomic mass is 79.9. The van der Waals surface area contributed by atoms with Crippen molar-refractivity contribution >= 4 is 21.9 Å². The second kappa shape index (κ2) is 4.66. The Labute approximate surface area is 114 Å². The summed E-state index contributed by atoms with van der Waals surface area (Å²) in [4.78, 5) is 8.45. The number of nitrogens with two attached hydrogens (primary N) is 1. The van der Waals surface area contributed by atoms with Crippen molar-refractivity contribution in [2.24, 2.45) is 5.73 Å². The lowest BCUT2D eigenvalue weighted by Gasteiger charge is -2.18. The number of hydrogen-bond acceptors (Lipinski definition) is 4. The third kappa shape index (κ3) is 2.11. The van der Waals surface area contributed by atoms with E-state index >= 15 is 0 Å². The van der Waals surface area contributed by atoms with Gasteiger partial charge in [-0.25, -0.2) is 9.97 Å². The van der Waals surface area contributed by atoms with Crippen LogP contribution in [0.25, 0.3) is 0 Å². The lowest BCUT2D eigenvalue weighted by Crippen LogP contribution is -2.30. The molecule has 1 aromatic heterocycles. The molecule has 1 aromatic carbocycles. The summed E-state index contributed by atoms with van der Waals surface area (Å²) in [7, 11) is 0. The van der Waals surface area contributed by atoms with E-state index in [-0.39, 0.29) is 12.1 Å². The molecule has 5 heteroatoms. The molecule has 2 aromatic rings. The van der Waals surface area contributed by atoms with E-state index in [0.717, 1.165) is 10.9 Å². The van der Waals surface area contributed by atoms with Crippen LogP contribution in [0, 0.1) is 0 Å². The molecule has 0 amide bonds. The van der Waals surface area contributed by atoms with Crippen LogP contribution in [0.5, 0.6) is 0 Å². The highest BCUT2D eigenvalue weighted by Crippen LogP contribution is 2.32. The first-order valence-corrected chi connectivity index (χ1v) is 6.61. The van der Waals surface area contributed by atoms with Gasteiger partial charge in [0.2, 0.25) is 5.95 Å². The second-order valence-corrected chi connectivity index (χ2v) is 5.33. The van der Waals surface area contributed by atoms with Crippen molar-refractivity contribution in [1.29, 1.82) is 0 Å². The average Bonchev–Trinajstić information content (AvgIpc) is 2.69. The van der Waals surface area contributed by atoms with Crippen LogP contribution in [-0.4, -0.2) is 16.0 Å². The van der Waals surface area contributed by atoms with Crippen molar-refractivity contribution in [2.75, 3.05) is 5.32 Å². The fourth-order valence-electron chi connectivity index (χ4n) is 2.34. The van der Waals surface area contributed by atoms with Gasteiger partial charge in [-0.15, -0.1) is 0 Å². The average molecular weight is 305 g/mol. The molecular formula is C13H13BrN4. The summed E-state index contributed by atoms with van der Waals surface area (Å²) in [5, 5.41) is 3.31. The van der Waals surface area contributed by atoms with Crippen LogP contribution in [0.4, 0.5) is 5.95 Å². The Morgan fingerprint density at radius 2 is 1.94 bits per heavy atom. The van der Waals surface area contributed by atoms with Crippen LogP contribution in [0.1, 0.15) is 17.2 Å². The molecule has 1 aliphatic rings. The van der Waals surface area contributed by atoms with Gasteiger partial charge < -0.3 is 11.1 Å². The number of nitrogens with one attached hydrogen (secondary N) is 1. The van der Waals surface area contributed by atoms with Crippen molar-refractivity contribution < 1.29 is 0 Å². The standard InChI is InChI=1S/C13H13BrN4/c14-9-6-16-13(17-7-9)18-12-10-4-2-1-3-8(10)5-11(12)15/h1-4,6-7,11-12H,5,15H2,(H,16,17,18). The number of aromatic nitrogens is 2. The van der Waals surface area contributed by atoms with E-state index in [4.69, 9.17) is 5.73 Å². The van der Waals surface area contributed by atoms with Crippen molar-refractivity contribution in [3.8, 4) is 0 Å². The van der Waals surface area contributed by atoms with Gasteiger partial charge in [0.15, 0.2) is 0 Å². The first-order valence-electron chi connectivity index (χ1n) is 5.81. The largest absolute Gasteiger partial charge is 0.346 e. The summed E-state index contributed by atoms with van der Waals surface area (Å²) >= 11 is 3.32. The summed E-state index contributed by atoms with van der Waals surface area (Å²) < 4.78 is 0.865. The van der Waals surface area contributed by atoms with E-state index in [9.17, 15) is 0 Å². The number of nitrogens with zero attached hydrogens (tertiary/aromatic N) is 2. The Balaban J connectivity index is 1.87. The number of anilines is 1. The summed E-state index contributed by atoms with van der Waals surface area (Å²) in [5.74, 6) is 0.607. The molecule has 0 fully saturated rings. The van der Waals surface area contributed by atoms with Crippen LogP contribution in [-0.2, 0) is 6.42 Å². The van der Waals surface area contributed by atoms with E-state index in [0.29, 0.717) is 5.95 Å². The summed E-state index contributed by atoms with van der Waals surface area (Å²) in [6.45, 7) is 0. The molecule has 3 rings (SSSR count). The first-order chi connectivity index (χ1) is 8.74. The molecule has 0 spiro atoms. The minimum Gasteiger partial charge on any atom is -0.346 e. The summed E-state index contributed by atoms with van der Waals surface area (Å²) in [6.07, 6.45) is 4.34. The van der Waals surface area contributed by atoms with Gasteiger partial charge >= 0.3 is 0 Å². The topological polar surface area (TPSA) is 63.8 Å². The maximum absolute atomic E-state index is 6.18. The monoisotopic (exact) mass is 304 g/mol. The molecule has 2 unspecified atom stereocenters. The number of benzene rings is 1. The van der Waals surface area contributed by atoms with Gasteiger partial charge in [0.05, 0.1) is 10.5 Å². The Hall–Kier alpha value is -1.46. The third-order valence-corrected chi connectivity index (χ3v) is 3.59. The lowest BCUT2D eigenvalue weighted by molar-refractivity contribution is 0.621. The number of hydrogen-bond donors (Lipinski definition) is 2. The number of rotatable bonds is 2. The molecule has 0 saturated carbocycles. The van der Waals surface area contributed by atoms with Gasteiger partial charge in [0, 0.05) is 18.4 Å². The van der Waals surface area contributed by atoms with Crippen LogP contribution >= 0.6 is 15.9 Å². The zero-order chi connectivity index (χ0) is 12.5. The smallest absolute Gasteiger partial charge is 0.223 e. The van der Waals surface area contributed by atoms with E-state index in [1.165, 1.54) is 11.1 Å². The Morgan fingerprint density at radius 3 is 2.72 bits per heavy atom. The maximum Gasteiger partial charge on any atom is 0.223 e. The van der Waals surface area contributed by atoms with Crippen LogP contribution in [0.3, 0.4) is 0 Å². The van der Waals surface area contributed by atoms with E-state index < -0.39 is 0 Å². The molecule has 0 saturated heterocycles. The van der Waals surface area contributed by atoms with E-state index in [2.05, 4.69) is 43.3 Å². The van der Waals surface area contributed by atoms with Crippen LogP contribution in [0.15, 0.2) is 41.1 Å². The van der Waals surface area contributed by atoms with Gasteiger partial charge in [-0.3, -0.25) is 0 Å². The third-order valence-electron chi connectivity index (χ3n) is 3.18. The zero-order valence-electron chi connectivity index (χ0n) is 9.68. The summed E-state index contributed by atoms with van der Waals surface area (Å²) in [5.41, 5.74) is 8.73. The molecule has 18 heavy (non-hydrogen) atoms. The highest BCUT2D eigenvalue weighted by molar-refractivity contribution is 9.10. The minimum absolute atomic E-state index is 0.0645. The second-order valence-electron chi connectivity index (χ2n) is 4.41. The lowest BCUT2D eigenvalue weighted by atomic mass is 10.1. The molecule has 0 bridgehead atoms. The predicted octanol–water partition coefficient (Wildman–Crippen LogP) is 2.28. The molecule has 4 nitrogen and oxygen atoms in total. The fraction of sp³-hybridized carbons (Fsp3) is 0.231. The number of fused-ring (bicyclic) bond motifs is 1. The molecule has 3 N–H and O–H groups in total. The Bertz CT molecular complexity index is 555. The zero-order valence-corrected chi connectivity index (χ0v) is 11.3. The van der Waals surface area contributed by atoms with E-state index in [1.54, 1.807) is 12.4 Å². The van der Waals surface area contributed by atoms with Crippen molar-refractivity contribution in [3.63, 3.8) is 0 Å². The van der Waals surface area contributed by atoms with Crippen LogP contribution in [0.2, 0.25) is 0 Å². The molecule has 2 atom stereocenters. The van der Waals surface area contributed by atoms with Gasteiger partial charge in [-0.2, -0.15) is 0 Å². The molecule has 1 heterocycles. The normalized spacial score (nSPS) is 21.7. The summed E-state index contributed by atoms with van der Waals surface area (Å²) in [6, 6.07) is 8.47. The predicted molar refractivity (Wildman–Crippen MR) is 74.2 cm³/mol. The molecular weight excluding hydrogens is 292 g/mol. The molecule has 92 valence electrons. The van der Waals surface area contributed by atoms with Gasteiger partial charge in [-0.05, 0) is 33.5 Å². The Kier molecular flexibility index (Phi) is 3.01. The molecule has 0 radical (unpaired) electrons. The van der Waals surface area contributed by atoms with Crippen molar-refractivity contribution in [2.45, 2.75) is 18.5 Å². The maximum atomic E-state index is 6.18. The fourth-order valence-corrected chi connectivity index (χ4v) is 2.54. The van der Waals surface area contributed by atoms with Gasteiger partial charge in [0.1, 0.15) is 0 Å². The quantitative estimate of drug-likeness (QED) is 0.893. The minimum atomic E-state index is 0.0645. The van der Waals surface area contributed by atoms with Crippen molar-refractivity contribution in [3.05, 3.63) is 52.3 Å². The first kappa shape index (κ1) is 11.6.